The van der Waals surface area contributed by atoms with Gasteiger partial charge in [0.15, 0.2) is 0 Å². The van der Waals surface area contributed by atoms with E-state index in [2.05, 4.69) is 55.4 Å². The van der Waals surface area contributed by atoms with Crippen molar-refractivity contribution in [3.63, 3.8) is 0 Å². The number of hydrogen-bond donors (Lipinski definition) is 0. The lowest BCUT2D eigenvalue weighted by molar-refractivity contribution is -0.114. The Labute approximate surface area is 184 Å². The highest BCUT2D eigenvalue weighted by Gasteiger charge is 1.97. The Morgan fingerprint density at radius 2 is 1.28 bits per heavy atom. The highest BCUT2D eigenvalue weighted by atomic mass is 19.1. The number of carbonyl (C=O) groups is 1. The summed E-state index contributed by atoms with van der Waals surface area (Å²) in [5, 5.41) is 0. The van der Waals surface area contributed by atoms with Gasteiger partial charge in [0.2, 0.25) is 0 Å². The van der Waals surface area contributed by atoms with Crippen molar-refractivity contribution in [2.45, 2.75) is 123 Å². The van der Waals surface area contributed by atoms with E-state index >= 15 is 0 Å². The first-order valence-electron chi connectivity index (χ1n) is 11.6. The van der Waals surface area contributed by atoms with Gasteiger partial charge in [-0.1, -0.05) is 113 Å². The second-order valence-electron chi connectivity index (χ2n) is 7.98. The highest BCUT2D eigenvalue weighted by Crippen LogP contribution is 2.09. The first-order chi connectivity index (χ1) is 13.4. The molecular weight excluding hydrogens is 359 g/mol. The Bertz CT molecular complexity index is 416. The van der Waals surface area contributed by atoms with Crippen molar-refractivity contribution < 1.29 is 9.18 Å². The minimum Gasteiger partial charge on any atom is -0.300 e. The van der Waals surface area contributed by atoms with Crippen LogP contribution in [0.2, 0.25) is 0 Å². The molecule has 0 heterocycles. The molecule has 0 amide bonds. The minimum absolute atomic E-state index is 0.0897. The van der Waals surface area contributed by atoms with Crippen LogP contribution in [-0.2, 0) is 11.2 Å². The van der Waals surface area contributed by atoms with E-state index in [1.807, 2.05) is 33.8 Å². The van der Waals surface area contributed by atoms with Crippen LogP contribution in [0.25, 0.3) is 0 Å². The Hall–Kier alpha value is -1.18. The SMILES string of the molecule is CC.CC(C)=O.CC(C)C.CCC.CCCC(C)C.CCc1cc(C)ccc1F. The van der Waals surface area contributed by atoms with E-state index in [1.165, 1.54) is 39.2 Å². The number of aryl methyl sites for hydroxylation is 2. The van der Waals surface area contributed by atoms with Gasteiger partial charge in [0, 0.05) is 0 Å². The van der Waals surface area contributed by atoms with Gasteiger partial charge in [-0.05, 0) is 50.7 Å². The van der Waals surface area contributed by atoms with Crippen molar-refractivity contribution in [1.29, 1.82) is 0 Å². The fourth-order valence-electron chi connectivity index (χ4n) is 1.55. The largest absolute Gasteiger partial charge is 0.300 e. The standard InChI is InChI=1S/C9H11F.C6H14.C4H10.C3H6O.C3H8.C2H6/c1-3-8-6-7(2)4-5-9(8)10;1-4-5-6(2)3;1-4(2)3;1-3(2)4;1-3-2;1-2/h4-6H,3H2,1-2H3;6H,4-5H2,1-3H3;4H,1-3H3;1-2H3;3H2,1-2H3;1-2H3. The zero-order valence-corrected chi connectivity index (χ0v) is 22.5. The van der Waals surface area contributed by atoms with Gasteiger partial charge < -0.3 is 4.79 Å². The second kappa shape index (κ2) is 31.5. The van der Waals surface area contributed by atoms with Crippen LogP contribution in [0.5, 0.6) is 0 Å². The molecule has 1 aromatic carbocycles. The van der Waals surface area contributed by atoms with Crippen molar-refractivity contribution in [3.05, 3.63) is 35.1 Å². The molecule has 0 fully saturated rings. The van der Waals surface area contributed by atoms with Crippen molar-refractivity contribution in [2.75, 3.05) is 0 Å². The zero-order chi connectivity index (χ0) is 24.4. The van der Waals surface area contributed by atoms with Crippen LogP contribution >= 0.6 is 0 Å². The highest BCUT2D eigenvalue weighted by molar-refractivity contribution is 5.72. The lowest BCUT2D eigenvalue weighted by Gasteiger charge is -1.99. The fourth-order valence-corrected chi connectivity index (χ4v) is 1.55. The summed E-state index contributed by atoms with van der Waals surface area (Å²) >= 11 is 0. The Balaban J connectivity index is -0.0000000878. The van der Waals surface area contributed by atoms with E-state index in [0.717, 1.165) is 29.4 Å². The molecule has 0 aliphatic rings. The van der Waals surface area contributed by atoms with E-state index in [1.54, 1.807) is 6.07 Å². The molecule has 0 spiro atoms. The molecule has 0 radical (unpaired) electrons. The van der Waals surface area contributed by atoms with Crippen molar-refractivity contribution in [2.24, 2.45) is 11.8 Å². The first-order valence-corrected chi connectivity index (χ1v) is 11.6. The number of carbonyl (C=O) groups excluding carboxylic acids is 1. The van der Waals surface area contributed by atoms with Crippen LogP contribution in [0.1, 0.15) is 120 Å². The summed E-state index contributed by atoms with van der Waals surface area (Å²) in [6, 6.07) is 5.19. The van der Waals surface area contributed by atoms with Crippen LogP contribution in [0.15, 0.2) is 18.2 Å². The molecule has 0 atom stereocenters. The minimum atomic E-state index is -0.0897. The van der Waals surface area contributed by atoms with Crippen LogP contribution < -0.4 is 0 Å². The van der Waals surface area contributed by atoms with Crippen LogP contribution in [0.4, 0.5) is 4.39 Å². The Kier molecular flexibility index (Phi) is 41.8. The third kappa shape index (κ3) is 58.4. The molecule has 0 saturated heterocycles. The molecule has 0 N–H and O–H groups in total. The summed E-state index contributed by atoms with van der Waals surface area (Å²) in [6.45, 7) is 28.5. The zero-order valence-electron chi connectivity index (χ0n) is 22.5. The van der Waals surface area contributed by atoms with Crippen molar-refractivity contribution in [1.82, 2.24) is 0 Å². The molecule has 0 bridgehead atoms. The van der Waals surface area contributed by atoms with E-state index < -0.39 is 0 Å². The maximum Gasteiger partial charge on any atom is 0.126 e. The van der Waals surface area contributed by atoms with Gasteiger partial charge in [-0.3, -0.25) is 0 Å². The van der Waals surface area contributed by atoms with Gasteiger partial charge in [0.1, 0.15) is 11.6 Å². The molecule has 0 aliphatic heterocycles. The molecule has 0 unspecified atom stereocenters. The molecule has 1 aromatic rings. The number of Topliss-reactive ketones (excluding diaryl/α,β-unsaturated/α-hetero) is 1. The van der Waals surface area contributed by atoms with E-state index in [-0.39, 0.29) is 11.6 Å². The number of benzene rings is 1. The number of ketones is 1. The maximum atomic E-state index is 12.8. The van der Waals surface area contributed by atoms with Crippen LogP contribution in [-0.4, -0.2) is 5.78 Å². The van der Waals surface area contributed by atoms with Gasteiger partial charge in [0.25, 0.3) is 0 Å². The van der Waals surface area contributed by atoms with Crippen molar-refractivity contribution >= 4 is 5.78 Å². The molecule has 2 heteroatoms. The van der Waals surface area contributed by atoms with Gasteiger partial charge >= 0.3 is 0 Å². The molecule has 29 heavy (non-hydrogen) atoms. The van der Waals surface area contributed by atoms with E-state index in [4.69, 9.17) is 0 Å². The topological polar surface area (TPSA) is 17.1 Å². The maximum absolute atomic E-state index is 12.8. The van der Waals surface area contributed by atoms with Crippen LogP contribution in [0.3, 0.4) is 0 Å². The lowest BCUT2D eigenvalue weighted by atomic mass is 10.1. The van der Waals surface area contributed by atoms with Gasteiger partial charge in [0.05, 0.1) is 0 Å². The molecular formula is C27H55FO. The summed E-state index contributed by atoms with van der Waals surface area (Å²) in [5.74, 6) is 1.81. The normalized spacial score (nSPS) is 8.45. The molecule has 176 valence electrons. The third-order valence-corrected chi connectivity index (χ3v) is 2.45. The average molecular weight is 415 g/mol. The monoisotopic (exact) mass is 414 g/mol. The summed E-state index contributed by atoms with van der Waals surface area (Å²) in [7, 11) is 0. The molecule has 1 rings (SSSR count). The Morgan fingerprint density at radius 3 is 1.45 bits per heavy atom. The molecule has 1 nitrogen and oxygen atoms in total. The number of hydrogen-bond acceptors (Lipinski definition) is 1. The van der Waals surface area contributed by atoms with E-state index in [0.29, 0.717) is 0 Å². The predicted molar refractivity (Wildman–Crippen MR) is 134 cm³/mol. The summed E-state index contributed by atoms with van der Waals surface area (Å²) in [4.78, 5) is 9.44. The summed E-state index contributed by atoms with van der Waals surface area (Å²) in [5.41, 5.74) is 1.93. The molecule has 0 saturated carbocycles. The predicted octanol–water partition coefficient (Wildman–Crippen LogP) is 9.84. The summed E-state index contributed by atoms with van der Waals surface area (Å²) < 4.78 is 12.8. The number of rotatable bonds is 3. The molecule has 0 aliphatic carbocycles. The quantitative estimate of drug-likeness (QED) is 0.481. The third-order valence-electron chi connectivity index (χ3n) is 2.45. The van der Waals surface area contributed by atoms with Gasteiger partial charge in [-0.2, -0.15) is 0 Å². The van der Waals surface area contributed by atoms with Crippen LogP contribution in [0, 0.1) is 24.6 Å². The second-order valence-corrected chi connectivity index (χ2v) is 7.98. The summed E-state index contributed by atoms with van der Waals surface area (Å²) in [6.07, 6.45) is 4.73. The van der Waals surface area contributed by atoms with Gasteiger partial charge in [-0.15, -0.1) is 0 Å². The average Bonchev–Trinajstić information content (AvgIpc) is 2.59. The first kappa shape index (κ1) is 38.4. The smallest absolute Gasteiger partial charge is 0.126 e. The number of halogens is 1. The van der Waals surface area contributed by atoms with E-state index in [9.17, 15) is 9.18 Å². The van der Waals surface area contributed by atoms with Crippen molar-refractivity contribution in [3.8, 4) is 0 Å². The Morgan fingerprint density at radius 1 is 0.931 bits per heavy atom. The van der Waals surface area contributed by atoms with Gasteiger partial charge in [-0.25, -0.2) is 4.39 Å². The fraction of sp³-hybridized carbons (Fsp3) is 0.741. The lowest BCUT2D eigenvalue weighted by Crippen LogP contribution is -1.87. The molecule has 0 aromatic heterocycles.